The molecule has 0 radical (unpaired) electrons. The van der Waals surface area contributed by atoms with Gasteiger partial charge in [0.05, 0.1) is 5.69 Å². The van der Waals surface area contributed by atoms with Crippen LogP contribution in [0.2, 0.25) is 0 Å². The monoisotopic (exact) mass is 244 g/mol. The van der Waals surface area contributed by atoms with Gasteiger partial charge in [0, 0.05) is 5.69 Å². The lowest BCUT2D eigenvalue weighted by Gasteiger charge is -2.10. The second-order valence-corrected chi connectivity index (χ2v) is 4.50. The Morgan fingerprint density at radius 3 is 2.39 bits per heavy atom. The van der Waals surface area contributed by atoms with Crippen LogP contribution in [0.1, 0.15) is 33.1 Å². The zero-order valence-corrected chi connectivity index (χ0v) is 11.0. The summed E-state index contributed by atoms with van der Waals surface area (Å²) < 4.78 is 1.68. The number of hydrogen-bond acceptors (Lipinski definition) is 2. The first-order valence-electron chi connectivity index (χ1n) is 5.78. The van der Waals surface area contributed by atoms with Crippen molar-refractivity contribution in [2.75, 3.05) is 0 Å². The Bertz CT molecular complexity index is 627. The van der Waals surface area contributed by atoms with E-state index < -0.39 is 5.97 Å². The highest BCUT2D eigenvalue weighted by atomic mass is 16.4. The molecule has 0 spiro atoms. The third kappa shape index (κ3) is 1.90. The molecule has 4 nitrogen and oxygen atoms in total. The number of hydrogen-bond donors (Lipinski definition) is 1. The van der Waals surface area contributed by atoms with Crippen LogP contribution in [-0.4, -0.2) is 20.6 Å². The molecule has 0 aliphatic rings. The van der Waals surface area contributed by atoms with Crippen LogP contribution >= 0.6 is 0 Å². The molecule has 1 heterocycles. The molecular formula is C14H16N2O2. The number of carboxylic acids is 1. The Morgan fingerprint density at radius 1 is 1.17 bits per heavy atom. The number of imidazole rings is 1. The van der Waals surface area contributed by atoms with Gasteiger partial charge in [0.25, 0.3) is 0 Å². The van der Waals surface area contributed by atoms with Crippen molar-refractivity contribution in [1.82, 2.24) is 9.55 Å². The van der Waals surface area contributed by atoms with Crippen LogP contribution in [0.15, 0.2) is 18.2 Å². The first-order chi connectivity index (χ1) is 8.41. The Labute approximate surface area is 106 Å². The van der Waals surface area contributed by atoms with E-state index in [2.05, 4.69) is 4.98 Å². The second kappa shape index (κ2) is 4.29. The van der Waals surface area contributed by atoms with Gasteiger partial charge < -0.3 is 5.11 Å². The number of carbonyl (C=O) groups is 1. The molecule has 0 aliphatic heterocycles. The summed E-state index contributed by atoms with van der Waals surface area (Å²) in [7, 11) is 0. The lowest BCUT2D eigenvalue weighted by atomic mass is 10.1. The maximum atomic E-state index is 11.3. The summed E-state index contributed by atoms with van der Waals surface area (Å²) in [6.45, 7) is 7.57. The quantitative estimate of drug-likeness (QED) is 0.883. The summed E-state index contributed by atoms with van der Waals surface area (Å²) in [5.74, 6) is -0.264. The molecule has 4 heteroatoms. The van der Waals surface area contributed by atoms with E-state index in [4.69, 9.17) is 0 Å². The van der Waals surface area contributed by atoms with Gasteiger partial charge in [0.2, 0.25) is 0 Å². The van der Waals surface area contributed by atoms with Crippen molar-refractivity contribution in [3.8, 4) is 5.69 Å². The number of carboxylic acid groups (broad SMARTS) is 1. The van der Waals surface area contributed by atoms with Gasteiger partial charge in [-0.25, -0.2) is 9.78 Å². The van der Waals surface area contributed by atoms with Gasteiger partial charge in [-0.15, -0.1) is 0 Å². The maximum Gasteiger partial charge on any atom is 0.354 e. The van der Waals surface area contributed by atoms with Crippen LogP contribution in [0, 0.1) is 27.7 Å². The lowest BCUT2D eigenvalue weighted by Crippen LogP contribution is -2.09. The average molecular weight is 244 g/mol. The second-order valence-electron chi connectivity index (χ2n) is 4.50. The van der Waals surface area contributed by atoms with Crippen LogP contribution in [-0.2, 0) is 0 Å². The van der Waals surface area contributed by atoms with Gasteiger partial charge in [-0.1, -0.05) is 6.07 Å². The van der Waals surface area contributed by atoms with E-state index >= 15 is 0 Å². The summed E-state index contributed by atoms with van der Waals surface area (Å²) in [5, 5.41) is 9.28. The molecular weight excluding hydrogens is 228 g/mol. The molecule has 0 unspecified atom stereocenters. The fourth-order valence-electron chi connectivity index (χ4n) is 2.10. The minimum atomic E-state index is -0.952. The first-order valence-corrected chi connectivity index (χ1v) is 5.78. The van der Waals surface area contributed by atoms with Crippen molar-refractivity contribution in [1.29, 1.82) is 0 Å². The molecule has 1 aromatic carbocycles. The summed E-state index contributed by atoms with van der Waals surface area (Å²) in [5.41, 5.74) is 3.93. The van der Waals surface area contributed by atoms with Crippen molar-refractivity contribution < 1.29 is 9.90 Å². The van der Waals surface area contributed by atoms with Crippen LogP contribution in [0.25, 0.3) is 5.69 Å². The highest BCUT2D eigenvalue weighted by molar-refractivity contribution is 5.88. The summed E-state index contributed by atoms with van der Waals surface area (Å²) in [6, 6.07) is 5.89. The van der Waals surface area contributed by atoms with E-state index in [-0.39, 0.29) is 5.69 Å². The Hall–Kier alpha value is -2.10. The van der Waals surface area contributed by atoms with Gasteiger partial charge in [0.1, 0.15) is 5.82 Å². The molecule has 18 heavy (non-hydrogen) atoms. The maximum absolute atomic E-state index is 11.3. The van der Waals surface area contributed by atoms with Crippen LogP contribution in [0.4, 0.5) is 0 Å². The van der Waals surface area contributed by atoms with E-state index in [0.29, 0.717) is 11.5 Å². The molecule has 0 amide bonds. The summed E-state index contributed by atoms with van der Waals surface area (Å²) >= 11 is 0. The smallest absolute Gasteiger partial charge is 0.354 e. The number of aryl methyl sites for hydroxylation is 4. The standard InChI is InChI=1S/C14H16N2O2/c1-8-5-6-12(7-9(8)2)16-11(4)15-10(3)13(16)14(17)18/h5-7H,1-4H3,(H,17,18). The number of aromatic nitrogens is 2. The normalized spacial score (nSPS) is 10.7. The summed E-state index contributed by atoms with van der Waals surface area (Å²) in [6.07, 6.45) is 0. The van der Waals surface area contributed by atoms with Crippen LogP contribution < -0.4 is 0 Å². The number of benzene rings is 1. The molecule has 0 saturated heterocycles. The van der Waals surface area contributed by atoms with Crippen molar-refractivity contribution in [2.24, 2.45) is 0 Å². The predicted octanol–water partition coefficient (Wildman–Crippen LogP) is 2.80. The van der Waals surface area contributed by atoms with Crippen molar-refractivity contribution in [3.63, 3.8) is 0 Å². The average Bonchev–Trinajstić information content (AvgIpc) is 2.57. The van der Waals surface area contributed by atoms with Gasteiger partial charge in [-0.3, -0.25) is 4.57 Å². The minimum Gasteiger partial charge on any atom is -0.477 e. The third-order valence-corrected chi connectivity index (χ3v) is 3.17. The molecule has 1 N–H and O–H groups in total. The zero-order chi connectivity index (χ0) is 13.4. The lowest BCUT2D eigenvalue weighted by molar-refractivity contribution is 0.0687. The summed E-state index contributed by atoms with van der Waals surface area (Å²) in [4.78, 5) is 15.6. The van der Waals surface area contributed by atoms with Crippen LogP contribution in [0.3, 0.4) is 0 Å². The molecule has 1 aromatic heterocycles. The SMILES string of the molecule is Cc1ccc(-n2c(C)nc(C)c2C(=O)O)cc1C. The van der Waals surface area contributed by atoms with E-state index in [0.717, 1.165) is 11.3 Å². The fraction of sp³-hybridized carbons (Fsp3) is 0.286. The largest absolute Gasteiger partial charge is 0.477 e. The Kier molecular flexibility index (Phi) is 2.95. The Balaban J connectivity index is 2.70. The van der Waals surface area contributed by atoms with Gasteiger partial charge in [-0.2, -0.15) is 0 Å². The number of nitrogens with zero attached hydrogens (tertiary/aromatic N) is 2. The molecule has 0 fully saturated rings. The number of rotatable bonds is 2. The van der Waals surface area contributed by atoms with Gasteiger partial charge >= 0.3 is 5.97 Å². The fourth-order valence-corrected chi connectivity index (χ4v) is 2.10. The first kappa shape index (κ1) is 12.4. The highest BCUT2D eigenvalue weighted by Crippen LogP contribution is 2.20. The molecule has 0 saturated carbocycles. The minimum absolute atomic E-state index is 0.232. The topological polar surface area (TPSA) is 55.1 Å². The van der Waals surface area contributed by atoms with Crippen molar-refractivity contribution in [2.45, 2.75) is 27.7 Å². The van der Waals surface area contributed by atoms with Crippen molar-refractivity contribution >= 4 is 5.97 Å². The zero-order valence-electron chi connectivity index (χ0n) is 11.0. The number of aromatic carboxylic acids is 1. The molecule has 0 aliphatic carbocycles. The van der Waals surface area contributed by atoms with Crippen LogP contribution in [0.5, 0.6) is 0 Å². The van der Waals surface area contributed by atoms with E-state index in [1.807, 2.05) is 39.0 Å². The molecule has 2 rings (SSSR count). The molecule has 0 atom stereocenters. The van der Waals surface area contributed by atoms with E-state index in [1.165, 1.54) is 5.56 Å². The van der Waals surface area contributed by atoms with Crippen molar-refractivity contribution in [3.05, 3.63) is 46.5 Å². The molecule has 2 aromatic rings. The molecule has 0 bridgehead atoms. The van der Waals surface area contributed by atoms with Gasteiger partial charge in [0.15, 0.2) is 5.69 Å². The van der Waals surface area contributed by atoms with Gasteiger partial charge in [-0.05, 0) is 51.0 Å². The van der Waals surface area contributed by atoms with E-state index in [9.17, 15) is 9.90 Å². The molecule has 94 valence electrons. The highest BCUT2D eigenvalue weighted by Gasteiger charge is 2.19. The third-order valence-electron chi connectivity index (χ3n) is 3.17. The predicted molar refractivity (Wildman–Crippen MR) is 69.5 cm³/mol. The van der Waals surface area contributed by atoms with E-state index in [1.54, 1.807) is 11.5 Å². The Morgan fingerprint density at radius 2 is 1.83 bits per heavy atom.